The molecule has 0 radical (unpaired) electrons. The minimum atomic E-state index is -0.799. The van der Waals surface area contributed by atoms with Crippen LogP contribution in [0.1, 0.15) is 54.0 Å². The summed E-state index contributed by atoms with van der Waals surface area (Å²) in [6.45, 7) is 7.32. The van der Waals surface area contributed by atoms with Crippen molar-refractivity contribution in [1.82, 2.24) is 20.1 Å². The predicted octanol–water partition coefficient (Wildman–Crippen LogP) is 2.33. The van der Waals surface area contributed by atoms with E-state index in [-0.39, 0.29) is 5.91 Å². The molecule has 1 unspecified atom stereocenters. The van der Waals surface area contributed by atoms with Crippen molar-refractivity contribution in [3.63, 3.8) is 0 Å². The summed E-state index contributed by atoms with van der Waals surface area (Å²) in [6.07, 6.45) is 2.25. The summed E-state index contributed by atoms with van der Waals surface area (Å²) in [5.41, 5.74) is 2.71. The molecule has 1 saturated carbocycles. The SMILES string of the molecule is Cc1ccc(C)c(CNC(=O)C2(C)COCc3nnc(C4CC4)n32)c1. The maximum Gasteiger partial charge on any atom is 0.248 e. The molecule has 1 aromatic carbocycles. The van der Waals surface area contributed by atoms with Gasteiger partial charge in [0.2, 0.25) is 5.91 Å². The molecule has 0 saturated heterocycles. The van der Waals surface area contributed by atoms with Crippen molar-refractivity contribution in [2.24, 2.45) is 0 Å². The molecule has 2 heterocycles. The first-order valence-corrected chi connectivity index (χ1v) is 8.86. The van der Waals surface area contributed by atoms with Crippen LogP contribution in [0.2, 0.25) is 0 Å². The second-order valence-electron chi connectivity index (χ2n) is 7.46. The molecule has 25 heavy (non-hydrogen) atoms. The number of ether oxygens (including phenoxy) is 1. The number of nitrogens with zero attached hydrogens (tertiary/aromatic N) is 3. The smallest absolute Gasteiger partial charge is 0.248 e. The number of carbonyl (C=O) groups is 1. The molecular formula is C19H24N4O2. The van der Waals surface area contributed by atoms with Gasteiger partial charge in [-0.25, -0.2) is 0 Å². The zero-order chi connectivity index (χ0) is 17.6. The third-order valence-corrected chi connectivity index (χ3v) is 5.24. The van der Waals surface area contributed by atoms with Crippen LogP contribution < -0.4 is 5.32 Å². The molecule has 6 nitrogen and oxygen atoms in total. The van der Waals surface area contributed by atoms with E-state index >= 15 is 0 Å². The Balaban J connectivity index is 1.58. The summed E-state index contributed by atoms with van der Waals surface area (Å²) in [7, 11) is 0. The van der Waals surface area contributed by atoms with Crippen molar-refractivity contribution in [2.75, 3.05) is 6.61 Å². The van der Waals surface area contributed by atoms with Crippen LogP contribution in [0.15, 0.2) is 18.2 Å². The lowest BCUT2D eigenvalue weighted by atomic mass is 9.99. The number of aromatic nitrogens is 3. The fraction of sp³-hybridized carbons (Fsp3) is 0.526. The number of aryl methyl sites for hydroxylation is 2. The number of nitrogens with one attached hydrogen (secondary N) is 1. The molecule has 1 N–H and O–H groups in total. The van der Waals surface area contributed by atoms with Crippen molar-refractivity contribution >= 4 is 5.91 Å². The van der Waals surface area contributed by atoms with Gasteiger partial charge in [-0.1, -0.05) is 23.8 Å². The topological polar surface area (TPSA) is 69.0 Å². The standard InChI is InChI=1S/C19H24N4O2/c1-12-4-5-13(2)15(8-12)9-20-18(24)19(3)11-25-10-16-21-22-17(23(16)19)14-6-7-14/h4-5,8,14H,6-7,9-11H2,1-3H3,(H,20,24). The van der Waals surface area contributed by atoms with Crippen LogP contribution in [0, 0.1) is 13.8 Å². The van der Waals surface area contributed by atoms with Gasteiger partial charge in [-0.3, -0.25) is 9.36 Å². The number of rotatable bonds is 4. The molecule has 1 aromatic heterocycles. The van der Waals surface area contributed by atoms with Crippen LogP contribution in [0.3, 0.4) is 0 Å². The van der Waals surface area contributed by atoms with Crippen LogP contribution in [-0.2, 0) is 28.2 Å². The van der Waals surface area contributed by atoms with E-state index in [1.807, 2.05) is 11.5 Å². The highest BCUT2D eigenvalue weighted by atomic mass is 16.5. The highest BCUT2D eigenvalue weighted by Crippen LogP contribution is 2.42. The number of carbonyl (C=O) groups excluding carboxylic acids is 1. The average Bonchev–Trinajstić information content (AvgIpc) is 3.34. The van der Waals surface area contributed by atoms with E-state index in [9.17, 15) is 4.79 Å². The molecule has 1 atom stereocenters. The molecule has 1 aliphatic carbocycles. The summed E-state index contributed by atoms with van der Waals surface area (Å²) in [5.74, 6) is 2.07. The minimum Gasteiger partial charge on any atom is -0.370 e. The van der Waals surface area contributed by atoms with Crippen molar-refractivity contribution in [3.8, 4) is 0 Å². The lowest BCUT2D eigenvalue weighted by Gasteiger charge is -2.35. The predicted molar refractivity (Wildman–Crippen MR) is 93.1 cm³/mol. The largest absolute Gasteiger partial charge is 0.370 e. The molecule has 2 aliphatic rings. The first-order chi connectivity index (χ1) is 12.0. The second-order valence-corrected chi connectivity index (χ2v) is 7.46. The molecule has 0 bridgehead atoms. The van der Waals surface area contributed by atoms with Crippen LogP contribution in [-0.4, -0.2) is 27.3 Å². The number of amides is 1. The van der Waals surface area contributed by atoms with Gasteiger partial charge in [0.1, 0.15) is 18.0 Å². The zero-order valence-corrected chi connectivity index (χ0v) is 15.0. The maximum atomic E-state index is 13.1. The average molecular weight is 340 g/mol. The molecule has 2 aromatic rings. The second kappa shape index (κ2) is 5.95. The van der Waals surface area contributed by atoms with Crippen molar-refractivity contribution in [1.29, 1.82) is 0 Å². The van der Waals surface area contributed by atoms with E-state index in [1.54, 1.807) is 0 Å². The van der Waals surface area contributed by atoms with E-state index in [0.29, 0.717) is 25.7 Å². The van der Waals surface area contributed by atoms with Crippen molar-refractivity contribution in [2.45, 2.75) is 58.2 Å². The Morgan fingerprint density at radius 1 is 1.36 bits per heavy atom. The molecule has 132 valence electrons. The van der Waals surface area contributed by atoms with Gasteiger partial charge < -0.3 is 10.1 Å². The molecule has 1 amide bonds. The summed E-state index contributed by atoms with van der Waals surface area (Å²) >= 11 is 0. The minimum absolute atomic E-state index is 0.0453. The van der Waals surface area contributed by atoms with Crippen LogP contribution in [0.4, 0.5) is 0 Å². The molecule has 4 rings (SSSR count). The fourth-order valence-corrected chi connectivity index (χ4v) is 3.50. The van der Waals surface area contributed by atoms with E-state index in [4.69, 9.17) is 4.74 Å². The Morgan fingerprint density at radius 2 is 2.16 bits per heavy atom. The quantitative estimate of drug-likeness (QED) is 0.927. The Morgan fingerprint density at radius 3 is 2.92 bits per heavy atom. The Labute approximate surface area is 147 Å². The van der Waals surface area contributed by atoms with Crippen LogP contribution in [0.5, 0.6) is 0 Å². The lowest BCUT2D eigenvalue weighted by molar-refractivity contribution is -0.135. The monoisotopic (exact) mass is 340 g/mol. The van der Waals surface area contributed by atoms with E-state index < -0.39 is 5.54 Å². The molecule has 0 spiro atoms. The van der Waals surface area contributed by atoms with Gasteiger partial charge in [-0.2, -0.15) is 0 Å². The van der Waals surface area contributed by atoms with E-state index in [1.165, 1.54) is 11.1 Å². The number of benzene rings is 1. The zero-order valence-electron chi connectivity index (χ0n) is 15.0. The van der Waals surface area contributed by atoms with Crippen molar-refractivity contribution in [3.05, 3.63) is 46.5 Å². The van der Waals surface area contributed by atoms with Gasteiger partial charge in [-0.15, -0.1) is 10.2 Å². The van der Waals surface area contributed by atoms with Gasteiger partial charge in [-0.05, 0) is 44.7 Å². The normalized spacial score (nSPS) is 22.5. The van der Waals surface area contributed by atoms with Gasteiger partial charge in [0.05, 0.1) is 6.61 Å². The van der Waals surface area contributed by atoms with Crippen LogP contribution in [0.25, 0.3) is 0 Å². The van der Waals surface area contributed by atoms with Crippen molar-refractivity contribution < 1.29 is 9.53 Å². The van der Waals surface area contributed by atoms with Gasteiger partial charge >= 0.3 is 0 Å². The Bertz CT molecular complexity index is 825. The summed E-state index contributed by atoms with van der Waals surface area (Å²) in [4.78, 5) is 13.1. The maximum absolute atomic E-state index is 13.1. The summed E-state index contributed by atoms with van der Waals surface area (Å²) < 4.78 is 7.68. The molecule has 1 aliphatic heterocycles. The third kappa shape index (κ3) is 2.84. The first kappa shape index (κ1) is 16.3. The number of hydrogen-bond donors (Lipinski definition) is 1. The van der Waals surface area contributed by atoms with Gasteiger partial charge in [0.15, 0.2) is 5.82 Å². The summed E-state index contributed by atoms with van der Waals surface area (Å²) in [6, 6.07) is 6.29. The van der Waals surface area contributed by atoms with Crippen LogP contribution >= 0.6 is 0 Å². The Hall–Kier alpha value is -2.21. The molecule has 1 fully saturated rings. The highest BCUT2D eigenvalue weighted by Gasteiger charge is 2.45. The third-order valence-electron chi connectivity index (χ3n) is 5.24. The Kier molecular flexibility index (Phi) is 3.87. The first-order valence-electron chi connectivity index (χ1n) is 8.86. The number of hydrogen-bond acceptors (Lipinski definition) is 4. The molecule has 6 heteroatoms. The summed E-state index contributed by atoms with van der Waals surface area (Å²) in [5, 5.41) is 11.7. The van der Waals surface area contributed by atoms with E-state index in [2.05, 4.69) is 47.6 Å². The van der Waals surface area contributed by atoms with E-state index in [0.717, 1.165) is 30.1 Å². The highest BCUT2D eigenvalue weighted by molar-refractivity contribution is 5.84. The van der Waals surface area contributed by atoms with Gasteiger partial charge in [0.25, 0.3) is 0 Å². The lowest BCUT2D eigenvalue weighted by Crippen LogP contribution is -2.52. The molecular weight excluding hydrogens is 316 g/mol. The van der Waals surface area contributed by atoms with Gasteiger partial charge in [0, 0.05) is 12.5 Å². The fourth-order valence-electron chi connectivity index (χ4n) is 3.50. The number of fused-ring (bicyclic) bond motifs is 1.